The number of carbonyl (C=O) groups is 1. The Kier molecular flexibility index (Phi) is 6.01. The van der Waals surface area contributed by atoms with E-state index in [2.05, 4.69) is 32.3 Å². The van der Waals surface area contributed by atoms with E-state index < -0.39 is 0 Å². The zero-order valence-electron chi connectivity index (χ0n) is 9.53. The molecular weight excluding hydrogens is 290 g/mol. The Balaban J connectivity index is 2.45. The van der Waals surface area contributed by atoms with Crippen molar-refractivity contribution in [1.29, 1.82) is 0 Å². The van der Waals surface area contributed by atoms with Gasteiger partial charge >= 0.3 is 5.97 Å². The number of rotatable bonds is 6. The minimum atomic E-state index is -0.154. The lowest BCUT2D eigenvalue weighted by Crippen LogP contribution is -2.30. The van der Waals surface area contributed by atoms with E-state index in [1.54, 1.807) is 11.3 Å². The van der Waals surface area contributed by atoms with Gasteiger partial charge in [-0.3, -0.25) is 9.69 Å². The molecule has 0 radical (unpaired) electrons. The predicted octanol–water partition coefficient (Wildman–Crippen LogP) is 2.90. The van der Waals surface area contributed by atoms with Gasteiger partial charge in [0, 0.05) is 6.54 Å². The predicted molar refractivity (Wildman–Crippen MR) is 69.6 cm³/mol. The summed E-state index contributed by atoms with van der Waals surface area (Å²) >= 11 is 5.09. The molecule has 0 N–H and O–H groups in total. The highest BCUT2D eigenvalue weighted by Gasteiger charge is 2.10. The van der Waals surface area contributed by atoms with Crippen LogP contribution in [0, 0.1) is 0 Å². The molecule has 0 unspecified atom stereocenters. The Hall–Kier alpha value is -0.390. The second-order valence-electron chi connectivity index (χ2n) is 3.37. The number of ether oxygens (including phenoxy) is 1. The highest BCUT2D eigenvalue weighted by atomic mass is 79.9. The minimum Gasteiger partial charge on any atom is -0.465 e. The van der Waals surface area contributed by atoms with Crippen molar-refractivity contribution in [3.8, 4) is 0 Å². The van der Waals surface area contributed by atoms with Crippen LogP contribution in [-0.4, -0.2) is 30.6 Å². The Labute approximate surface area is 109 Å². The largest absolute Gasteiger partial charge is 0.465 e. The first kappa shape index (κ1) is 13.7. The Morgan fingerprint density at radius 2 is 2.31 bits per heavy atom. The number of carbonyl (C=O) groups excluding carboxylic acids is 1. The molecular formula is C11H16BrNO2S. The zero-order chi connectivity index (χ0) is 12.0. The number of esters is 1. The molecule has 0 aliphatic rings. The van der Waals surface area contributed by atoms with Crippen LogP contribution in [0.4, 0.5) is 0 Å². The molecule has 1 aromatic heterocycles. The summed E-state index contributed by atoms with van der Waals surface area (Å²) in [5, 5.41) is 2.10. The van der Waals surface area contributed by atoms with E-state index in [0.717, 1.165) is 16.9 Å². The van der Waals surface area contributed by atoms with Gasteiger partial charge < -0.3 is 4.74 Å². The molecule has 90 valence electrons. The second-order valence-corrected chi connectivity index (χ2v) is 5.66. The molecule has 0 fully saturated rings. The average Bonchev–Trinajstić information content (AvgIpc) is 2.63. The monoisotopic (exact) mass is 305 g/mol. The summed E-state index contributed by atoms with van der Waals surface area (Å²) in [6, 6.07) is 2.08. The van der Waals surface area contributed by atoms with Crippen LogP contribution in [0.5, 0.6) is 0 Å². The van der Waals surface area contributed by atoms with Crippen LogP contribution >= 0.6 is 27.3 Å². The maximum atomic E-state index is 11.3. The molecule has 0 atom stereocenters. The normalized spacial score (nSPS) is 10.8. The van der Waals surface area contributed by atoms with E-state index in [9.17, 15) is 4.79 Å². The topological polar surface area (TPSA) is 29.5 Å². The molecule has 0 aliphatic carbocycles. The molecule has 5 heteroatoms. The minimum absolute atomic E-state index is 0.154. The van der Waals surface area contributed by atoms with E-state index in [4.69, 9.17) is 4.74 Å². The molecule has 3 nitrogen and oxygen atoms in total. The van der Waals surface area contributed by atoms with Crippen LogP contribution in [0.3, 0.4) is 0 Å². The van der Waals surface area contributed by atoms with Crippen molar-refractivity contribution in [1.82, 2.24) is 4.90 Å². The van der Waals surface area contributed by atoms with Crippen molar-refractivity contribution < 1.29 is 9.53 Å². The maximum absolute atomic E-state index is 11.3. The molecule has 0 aliphatic heterocycles. The molecule has 0 spiro atoms. The van der Waals surface area contributed by atoms with Crippen molar-refractivity contribution in [2.75, 3.05) is 19.7 Å². The van der Waals surface area contributed by atoms with Crippen LogP contribution in [0.15, 0.2) is 15.2 Å². The van der Waals surface area contributed by atoms with Gasteiger partial charge in [0.1, 0.15) is 0 Å². The SMILES string of the molecule is CCOC(=O)CN(CC)Cc1csc(Br)c1. The maximum Gasteiger partial charge on any atom is 0.320 e. The van der Waals surface area contributed by atoms with Crippen LogP contribution in [0.2, 0.25) is 0 Å². The van der Waals surface area contributed by atoms with Crippen molar-refractivity contribution in [2.45, 2.75) is 20.4 Å². The molecule has 0 aromatic carbocycles. The third-order valence-corrected chi connectivity index (χ3v) is 3.69. The number of nitrogens with zero attached hydrogens (tertiary/aromatic N) is 1. The fraction of sp³-hybridized carbons (Fsp3) is 0.545. The van der Waals surface area contributed by atoms with E-state index in [1.165, 1.54) is 5.56 Å². The van der Waals surface area contributed by atoms with Crippen molar-refractivity contribution in [3.63, 3.8) is 0 Å². The molecule has 1 heterocycles. The third-order valence-electron chi connectivity index (χ3n) is 2.13. The molecule has 0 bridgehead atoms. The van der Waals surface area contributed by atoms with E-state index in [0.29, 0.717) is 13.2 Å². The van der Waals surface area contributed by atoms with Gasteiger partial charge in [-0.1, -0.05) is 6.92 Å². The molecule has 1 rings (SSSR count). The molecule has 0 amide bonds. The summed E-state index contributed by atoms with van der Waals surface area (Å²) in [7, 11) is 0. The quantitative estimate of drug-likeness (QED) is 0.757. The first-order valence-corrected chi connectivity index (χ1v) is 6.93. The van der Waals surface area contributed by atoms with Gasteiger partial charge in [-0.25, -0.2) is 0 Å². The van der Waals surface area contributed by atoms with Crippen molar-refractivity contribution in [3.05, 3.63) is 20.8 Å². The van der Waals surface area contributed by atoms with Crippen LogP contribution in [0.1, 0.15) is 19.4 Å². The Morgan fingerprint density at radius 1 is 1.56 bits per heavy atom. The van der Waals surface area contributed by atoms with E-state index >= 15 is 0 Å². The molecule has 0 saturated carbocycles. The summed E-state index contributed by atoms with van der Waals surface area (Å²) < 4.78 is 6.05. The lowest BCUT2D eigenvalue weighted by atomic mass is 10.3. The smallest absolute Gasteiger partial charge is 0.320 e. The molecule has 0 saturated heterocycles. The van der Waals surface area contributed by atoms with Gasteiger partial charge in [-0.05, 0) is 46.4 Å². The van der Waals surface area contributed by atoms with E-state index in [-0.39, 0.29) is 5.97 Å². The molecule has 1 aromatic rings. The standard InChI is InChI=1S/C11H16BrNO2S/c1-3-13(7-11(14)15-4-2)6-9-5-10(12)16-8-9/h5,8H,3-4,6-7H2,1-2H3. The van der Waals surface area contributed by atoms with Gasteiger partial charge in [0.25, 0.3) is 0 Å². The Morgan fingerprint density at radius 3 is 2.81 bits per heavy atom. The summed E-state index contributed by atoms with van der Waals surface area (Å²) in [6.45, 7) is 6.30. The number of hydrogen-bond acceptors (Lipinski definition) is 4. The number of halogens is 1. The van der Waals surface area contributed by atoms with Crippen LogP contribution in [0.25, 0.3) is 0 Å². The lowest BCUT2D eigenvalue weighted by molar-refractivity contribution is -0.144. The molecule has 16 heavy (non-hydrogen) atoms. The van der Waals surface area contributed by atoms with Crippen LogP contribution < -0.4 is 0 Å². The highest BCUT2D eigenvalue weighted by Crippen LogP contribution is 2.21. The van der Waals surface area contributed by atoms with Gasteiger partial charge in [0.05, 0.1) is 16.9 Å². The number of hydrogen-bond donors (Lipinski definition) is 0. The van der Waals surface area contributed by atoms with Gasteiger partial charge in [0.15, 0.2) is 0 Å². The van der Waals surface area contributed by atoms with Gasteiger partial charge in [0.2, 0.25) is 0 Å². The number of likely N-dealkylation sites (N-methyl/N-ethyl adjacent to an activating group) is 1. The number of thiophene rings is 1. The Bertz CT molecular complexity index is 340. The summed E-state index contributed by atoms with van der Waals surface area (Å²) in [4.78, 5) is 13.4. The average molecular weight is 306 g/mol. The summed E-state index contributed by atoms with van der Waals surface area (Å²) in [6.07, 6.45) is 0. The summed E-state index contributed by atoms with van der Waals surface area (Å²) in [5.41, 5.74) is 1.23. The summed E-state index contributed by atoms with van der Waals surface area (Å²) in [5.74, 6) is -0.154. The van der Waals surface area contributed by atoms with Crippen molar-refractivity contribution >= 4 is 33.2 Å². The highest BCUT2D eigenvalue weighted by molar-refractivity contribution is 9.11. The third kappa shape index (κ3) is 4.63. The first-order valence-electron chi connectivity index (χ1n) is 5.26. The van der Waals surface area contributed by atoms with Crippen LogP contribution in [-0.2, 0) is 16.1 Å². The fourth-order valence-corrected chi connectivity index (χ4v) is 2.56. The van der Waals surface area contributed by atoms with Crippen molar-refractivity contribution in [2.24, 2.45) is 0 Å². The van der Waals surface area contributed by atoms with Gasteiger partial charge in [-0.15, -0.1) is 11.3 Å². The fourth-order valence-electron chi connectivity index (χ4n) is 1.36. The lowest BCUT2D eigenvalue weighted by Gasteiger charge is -2.18. The second kappa shape index (κ2) is 7.04. The zero-order valence-corrected chi connectivity index (χ0v) is 11.9. The first-order chi connectivity index (χ1) is 7.65. The van der Waals surface area contributed by atoms with Gasteiger partial charge in [-0.2, -0.15) is 0 Å². The van der Waals surface area contributed by atoms with E-state index in [1.807, 2.05) is 13.8 Å².